The van der Waals surface area contributed by atoms with Gasteiger partial charge in [-0.25, -0.2) is 4.39 Å². The van der Waals surface area contributed by atoms with Gasteiger partial charge in [0.25, 0.3) is 5.69 Å². The Balaban J connectivity index is 2.41. The molecular weight excluding hydrogens is 257 g/mol. The quantitative estimate of drug-likeness (QED) is 0.329. The van der Waals surface area contributed by atoms with Gasteiger partial charge in [-0.05, 0) is 19.4 Å². The Bertz CT molecular complexity index is 463. The van der Waals surface area contributed by atoms with E-state index >= 15 is 0 Å². The number of esters is 1. The van der Waals surface area contributed by atoms with Gasteiger partial charge in [0.1, 0.15) is 0 Å². The van der Waals surface area contributed by atoms with Crippen LogP contribution in [0.2, 0.25) is 0 Å². The van der Waals surface area contributed by atoms with Crippen LogP contribution in [0.25, 0.3) is 0 Å². The first-order valence-corrected chi connectivity index (χ1v) is 5.77. The average Bonchev–Trinajstić information content (AvgIpc) is 2.36. The van der Waals surface area contributed by atoms with E-state index in [4.69, 9.17) is 9.47 Å². The molecule has 1 rings (SSSR count). The van der Waals surface area contributed by atoms with E-state index < -0.39 is 10.7 Å². The van der Waals surface area contributed by atoms with Gasteiger partial charge in [0.05, 0.1) is 24.2 Å². The SMILES string of the molecule is CCOC(=O)CCCOc1ccc([N+](=O)[O-])cc1F. The van der Waals surface area contributed by atoms with Crippen LogP contribution in [0.1, 0.15) is 19.8 Å². The normalized spacial score (nSPS) is 10.0. The van der Waals surface area contributed by atoms with Crippen molar-refractivity contribution >= 4 is 11.7 Å². The molecule has 0 fully saturated rings. The van der Waals surface area contributed by atoms with E-state index in [1.807, 2.05) is 0 Å². The van der Waals surface area contributed by atoms with E-state index in [1.54, 1.807) is 6.92 Å². The molecule has 0 saturated heterocycles. The molecule has 0 radical (unpaired) electrons. The number of ether oxygens (including phenoxy) is 2. The number of carbonyl (C=O) groups is 1. The van der Waals surface area contributed by atoms with Crippen LogP contribution in [-0.2, 0) is 9.53 Å². The molecule has 0 N–H and O–H groups in total. The lowest BCUT2D eigenvalue weighted by Crippen LogP contribution is -2.07. The first-order chi connectivity index (χ1) is 9.04. The highest BCUT2D eigenvalue weighted by molar-refractivity contribution is 5.69. The molecule has 0 spiro atoms. The van der Waals surface area contributed by atoms with Crippen LogP contribution in [-0.4, -0.2) is 24.1 Å². The van der Waals surface area contributed by atoms with Gasteiger partial charge >= 0.3 is 5.97 Å². The summed E-state index contributed by atoms with van der Waals surface area (Å²) in [7, 11) is 0. The lowest BCUT2D eigenvalue weighted by molar-refractivity contribution is -0.385. The van der Waals surface area contributed by atoms with Crippen molar-refractivity contribution in [1.82, 2.24) is 0 Å². The molecule has 0 aliphatic carbocycles. The van der Waals surface area contributed by atoms with Gasteiger partial charge in [0, 0.05) is 12.5 Å². The zero-order chi connectivity index (χ0) is 14.3. The minimum absolute atomic E-state index is 0.0746. The molecular formula is C12H14FNO5. The van der Waals surface area contributed by atoms with Crippen molar-refractivity contribution in [2.75, 3.05) is 13.2 Å². The minimum atomic E-state index is -0.801. The molecule has 0 aliphatic rings. The molecule has 0 amide bonds. The van der Waals surface area contributed by atoms with Crippen molar-refractivity contribution in [2.45, 2.75) is 19.8 Å². The maximum absolute atomic E-state index is 13.4. The third-order valence-electron chi connectivity index (χ3n) is 2.21. The second-order valence-electron chi connectivity index (χ2n) is 3.63. The molecule has 6 nitrogen and oxygen atoms in total. The fourth-order valence-corrected chi connectivity index (χ4v) is 1.35. The molecule has 0 bridgehead atoms. The summed E-state index contributed by atoms with van der Waals surface area (Å²) in [5.41, 5.74) is -0.337. The Hall–Kier alpha value is -2.18. The highest BCUT2D eigenvalue weighted by atomic mass is 19.1. The van der Waals surface area contributed by atoms with Crippen LogP contribution in [0.3, 0.4) is 0 Å². The number of nitrogens with zero attached hydrogens (tertiary/aromatic N) is 1. The first-order valence-electron chi connectivity index (χ1n) is 5.77. The average molecular weight is 271 g/mol. The molecule has 0 atom stereocenters. The topological polar surface area (TPSA) is 78.7 Å². The summed E-state index contributed by atoms with van der Waals surface area (Å²) in [5.74, 6) is -1.21. The lowest BCUT2D eigenvalue weighted by Gasteiger charge is -2.06. The molecule has 0 unspecified atom stereocenters. The number of benzene rings is 1. The summed E-state index contributed by atoms with van der Waals surface area (Å²) in [5, 5.41) is 10.4. The van der Waals surface area contributed by atoms with E-state index in [0.29, 0.717) is 13.0 Å². The molecule has 7 heteroatoms. The summed E-state index contributed by atoms with van der Waals surface area (Å²) in [6, 6.07) is 3.14. The second-order valence-corrected chi connectivity index (χ2v) is 3.63. The summed E-state index contributed by atoms with van der Waals surface area (Å²) in [4.78, 5) is 20.7. The zero-order valence-electron chi connectivity index (χ0n) is 10.4. The van der Waals surface area contributed by atoms with Gasteiger partial charge in [0.15, 0.2) is 11.6 Å². The summed E-state index contributed by atoms with van der Waals surface area (Å²) in [6.45, 7) is 2.16. The number of nitro benzene ring substituents is 1. The maximum atomic E-state index is 13.4. The minimum Gasteiger partial charge on any atom is -0.490 e. The molecule has 19 heavy (non-hydrogen) atoms. The van der Waals surface area contributed by atoms with Crippen molar-refractivity contribution in [3.05, 3.63) is 34.1 Å². The third kappa shape index (κ3) is 4.90. The van der Waals surface area contributed by atoms with E-state index in [-0.39, 0.29) is 30.4 Å². The number of hydrogen-bond acceptors (Lipinski definition) is 5. The Kier molecular flexibility index (Phi) is 5.72. The van der Waals surface area contributed by atoms with Crippen LogP contribution in [0.5, 0.6) is 5.75 Å². The predicted octanol–water partition coefficient (Wildman–Crippen LogP) is 2.46. The maximum Gasteiger partial charge on any atom is 0.305 e. The van der Waals surface area contributed by atoms with E-state index in [9.17, 15) is 19.3 Å². The van der Waals surface area contributed by atoms with Crippen LogP contribution >= 0.6 is 0 Å². The highest BCUT2D eigenvalue weighted by Crippen LogP contribution is 2.22. The van der Waals surface area contributed by atoms with Crippen molar-refractivity contribution in [3.8, 4) is 5.75 Å². The monoisotopic (exact) mass is 271 g/mol. The molecule has 0 aliphatic heterocycles. The van der Waals surface area contributed by atoms with Crippen molar-refractivity contribution < 1.29 is 23.6 Å². The Morgan fingerprint density at radius 1 is 1.47 bits per heavy atom. The number of carbonyl (C=O) groups excluding carboxylic acids is 1. The number of non-ortho nitro benzene ring substituents is 1. The smallest absolute Gasteiger partial charge is 0.305 e. The van der Waals surface area contributed by atoms with Gasteiger partial charge in [-0.3, -0.25) is 14.9 Å². The number of rotatable bonds is 7. The van der Waals surface area contributed by atoms with Crippen molar-refractivity contribution in [3.63, 3.8) is 0 Å². The van der Waals surface area contributed by atoms with Gasteiger partial charge < -0.3 is 9.47 Å². The largest absolute Gasteiger partial charge is 0.490 e. The second kappa shape index (κ2) is 7.30. The Morgan fingerprint density at radius 3 is 2.79 bits per heavy atom. The fourth-order valence-electron chi connectivity index (χ4n) is 1.35. The van der Waals surface area contributed by atoms with Crippen LogP contribution in [0, 0.1) is 15.9 Å². The number of hydrogen-bond donors (Lipinski definition) is 0. The summed E-state index contributed by atoms with van der Waals surface area (Å²) in [6.07, 6.45) is 0.567. The number of nitro groups is 1. The fraction of sp³-hybridized carbons (Fsp3) is 0.417. The summed E-state index contributed by atoms with van der Waals surface area (Å²) < 4.78 is 23.2. The lowest BCUT2D eigenvalue weighted by atomic mass is 10.3. The van der Waals surface area contributed by atoms with Crippen molar-refractivity contribution in [2.24, 2.45) is 0 Å². The molecule has 0 aromatic heterocycles. The Labute approximate surface area is 109 Å². The Morgan fingerprint density at radius 2 is 2.21 bits per heavy atom. The molecule has 0 saturated carbocycles. The predicted molar refractivity (Wildman–Crippen MR) is 64.4 cm³/mol. The molecule has 0 heterocycles. The zero-order valence-corrected chi connectivity index (χ0v) is 10.4. The highest BCUT2D eigenvalue weighted by Gasteiger charge is 2.11. The van der Waals surface area contributed by atoms with Crippen LogP contribution in [0.4, 0.5) is 10.1 Å². The first kappa shape index (κ1) is 14.9. The molecule has 1 aromatic rings. The number of halogens is 1. The standard InChI is InChI=1S/C12H14FNO5/c1-2-18-12(15)4-3-7-19-11-6-5-9(14(16)17)8-10(11)13/h5-6,8H,2-4,7H2,1H3. The molecule has 1 aromatic carbocycles. The van der Waals surface area contributed by atoms with E-state index in [1.165, 1.54) is 6.07 Å². The summed E-state index contributed by atoms with van der Waals surface area (Å²) >= 11 is 0. The van der Waals surface area contributed by atoms with Crippen LogP contribution in [0.15, 0.2) is 18.2 Å². The van der Waals surface area contributed by atoms with Gasteiger partial charge in [-0.1, -0.05) is 0 Å². The van der Waals surface area contributed by atoms with Gasteiger partial charge in [-0.2, -0.15) is 0 Å². The van der Waals surface area contributed by atoms with E-state index in [0.717, 1.165) is 12.1 Å². The van der Waals surface area contributed by atoms with Crippen molar-refractivity contribution in [1.29, 1.82) is 0 Å². The van der Waals surface area contributed by atoms with Gasteiger partial charge in [-0.15, -0.1) is 0 Å². The molecule has 104 valence electrons. The van der Waals surface area contributed by atoms with Gasteiger partial charge in [0.2, 0.25) is 0 Å². The van der Waals surface area contributed by atoms with Crippen LogP contribution < -0.4 is 4.74 Å². The third-order valence-corrected chi connectivity index (χ3v) is 2.21. The van der Waals surface area contributed by atoms with E-state index in [2.05, 4.69) is 0 Å².